The topological polar surface area (TPSA) is 61.8 Å². The van der Waals surface area contributed by atoms with Gasteiger partial charge < -0.3 is 20.1 Å². The number of halogens is 3. The summed E-state index contributed by atoms with van der Waals surface area (Å²) in [7, 11) is 1.41. The van der Waals surface area contributed by atoms with Crippen LogP contribution in [0, 0.1) is 0 Å². The number of aliphatic hydroxyl groups is 1. The molecule has 8 heteroatoms. The molecule has 2 N–H and O–H groups in total. The Kier molecular flexibility index (Phi) is 5.01. The quantitative estimate of drug-likeness (QED) is 0.837. The predicted octanol–water partition coefficient (Wildman–Crippen LogP) is 3.06. The van der Waals surface area contributed by atoms with Crippen molar-refractivity contribution in [1.29, 1.82) is 0 Å². The van der Waals surface area contributed by atoms with Crippen molar-refractivity contribution in [2.45, 2.75) is 18.3 Å². The fourth-order valence-corrected chi connectivity index (χ4v) is 3.34. The molecular formula is C19H19F3N2O3. The molecule has 0 aliphatic carbocycles. The second-order valence-corrected chi connectivity index (χ2v) is 6.23. The molecular weight excluding hydrogens is 361 g/mol. The van der Waals surface area contributed by atoms with Gasteiger partial charge in [0.25, 0.3) is 5.91 Å². The lowest BCUT2D eigenvalue weighted by atomic mass is 9.87. The van der Waals surface area contributed by atoms with Gasteiger partial charge in [-0.25, -0.2) is 0 Å². The van der Waals surface area contributed by atoms with E-state index in [0.717, 1.165) is 0 Å². The molecule has 0 fully saturated rings. The number of ether oxygens (including phenoxy) is 1. The fourth-order valence-electron chi connectivity index (χ4n) is 3.34. The number of carbonyl (C=O) groups is 1. The van der Waals surface area contributed by atoms with E-state index in [1.54, 1.807) is 24.3 Å². The molecule has 2 aromatic rings. The first kappa shape index (κ1) is 19.0. The van der Waals surface area contributed by atoms with Gasteiger partial charge in [-0.2, -0.15) is 13.2 Å². The number of hydrogen-bond acceptors (Lipinski definition) is 4. The number of anilines is 1. The fraction of sp³-hybridized carbons (Fsp3) is 0.316. The summed E-state index contributed by atoms with van der Waals surface area (Å²) in [5.74, 6) is -0.396. The number of aliphatic hydroxyl groups excluding tert-OH is 1. The monoisotopic (exact) mass is 380 g/mol. The van der Waals surface area contributed by atoms with Crippen LogP contribution in [0.3, 0.4) is 0 Å². The Labute approximate surface area is 154 Å². The molecule has 1 aliphatic rings. The van der Waals surface area contributed by atoms with Gasteiger partial charge in [-0.1, -0.05) is 24.3 Å². The van der Waals surface area contributed by atoms with E-state index >= 15 is 0 Å². The van der Waals surface area contributed by atoms with Crippen molar-refractivity contribution in [2.24, 2.45) is 0 Å². The molecule has 5 nitrogen and oxygen atoms in total. The molecule has 1 heterocycles. The van der Waals surface area contributed by atoms with Gasteiger partial charge in [0.05, 0.1) is 13.7 Å². The minimum absolute atomic E-state index is 0.154. The summed E-state index contributed by atoms with van der Waals surface area (Å²) in [4.78, 5) is 13.5. The third-order valence-electron chi connectivity index (χ3n) is 4.61. The van der Waals surface area contributed by atoms with Crippen LogP contribution in [0.1, 0.15) is 15.9 Å². The van der Waals surface area contributed by atoms with E-state index in [1.165, 1.54) is 31.4 Å². The lowest BCUT2D eigenvalue weighted by Crippen LogP contribution is -2.69. The number of fused-ring (bicyclic) bond motifs is 1. The number of benzene rings is 2. The number of nitrogens with one attached hydrogen (secondary N) is 1. The standard InChI is InChI=1S/C19H19F3N2O3/c1-27-15-7-4-6-14(11-15)23-18(19(20,21)22)12-13-5-2-3-8-16(13)17(26)24(18)9-10-25/h2-8,11,23,25H,9-10,12H2,1H3. The van der Waals surface area contributed by atoms with Crippen LogP contribution in [0.5, 0.6) is 5.75 Å². The molecule has 0 saturated carbocycles. The summed E-state index contributed by atoms with van der Waals surface area (Å²) in [6.07, 6.45) is -5.27. The number of β-amino-alcohol motifs (C(OH)–C–C–N with tert-alkyl or cyclic N) is 1. The van der Waals surface area contributed by atoms with Crippen LogP contribution in [0.15, 0.2) is 48.5 Å². The zero-order valence-corrected chi connectivity index (χ0v) is 14.6. The van der Waals surface area contributed by atoms with Crippen LogP contribution in [-0.2, 0) is 6.42 Å². The first-order valence-corrected chi connectivity index (χ1v) is 8.32. The highest BCUT2D eigenvalue weighted by Crippen LogP contribution is 2.43. The van der Waals surface area contributed by atoms with E-state index in [4.69, 9.17) is 4.74 Å². The molecule has 27 heavy (non-hydrogen) atoms. The normalized spacial score (nSPS) is 19.6. The molecule has 0 aromatic heterocycles. The van der Waals surface area contributed by atoms with E-state index < -0.39 is 37.3 Å². The molecule has 0 saturated heterocycles. The number of hydrogen-bond donors (Lipinski definition) is 2. The Balaban J connectivity index is 2.14. The molecule has 0 radical (unpaired) electrons. The zero-order chi connectivity index (χ0) is 19.7. The van der Waals surface area contributed by atoms with Gasteiger partial charge in [-0.3, -0.25) is 4.79 Å². The smallest absolute Gasteiger partial charge is 0.430 e. The van der Waals surface area contributed by atoms with E-state index in [0.29, 0.717) is 16.2 Å². The van der Waals surface area contributed by atoms with E-state index in [9.17, 15) is 23.1 Å². The van der Waals surface area contributed by atoms with Crippen molar-refractivity contribution in [1.82, 2.24) is 4.90 Å². The highest BCUT2D eigenvalue weighted by molar-refractivity contribution is 5.98. The van der Waals surface area contributed by atoms with Gasteiger partial charge >= 0.3 is 6.18 Å². The number of methoxy groups -OCH3 is 1. The molecule has 1 aliphatic heterocycles. The third kappa shape index (κ3) is 3.32. The van der Waals surface area contributed by atoms with Gasteiger partial charge in [0.1, 0.15) is 5.75 Å². The second kappa shape index (κ2) is 7.11. The van der Waals surface area contributed by atoms with E-state index in [1.807, 2.05) is 0 Å². The van der Waals surface area contributed by atoms with Gasteiger partial charge in [-0.15, -0.1) is 0 Å². The largest absolute Gasteiger partial charge is 0.497 e. The summed E-state index contributed by atoms with van der Waals surface area (Å²) < 4.78 is 48.1. The first-order chi connectivity index (χ1) is 12.8. The van der Waals surface area contributed by atoms with Gasteiger partial charge in [0.15, 0.2) is 0 Å². The van der Waals surface area contributed by atoms with Crippen molar-refractivity contribution >= 4 is 11.6 Å². The maximum absolute atomic E-state index is 14.3. The van der Waals surface area contributed by atoms with Crippen LogP contribution >= 0.6 is 0 Å². The minimum Gasteiger partial charge on any atom is -0.497 e. The SMILES string of the molecule is COc1cccc(NC2(C(F)(F)F)Cc3ccccc3C(=O)N2CCO)c1. The van der Waals surface area contributed by atoms with E-state index in [-0.39, 0.29) is 11.3 Å². The number of rotatable bonds is 5. The van der Waals surface area contributed by atoms with Crippen molar-refractivity contribution in [2.75, 3.05) is 25.6 Å². The highest BCUT2D eigenvalue weighted by Gasteiger charge is 2.62. The van der Waals surface area contributed by atoms with Crippen molar-refractivity contribution < 1.29 is 27.8 Å². The maximum atomic E-state index is 14.3. The minimum atomic E-state index is -4.80. The summed E-state index contributed by atoms with van der Waals surface area (Å²) >= 11 is 0. The lowest BCUT2D eigenvalue weighted by Gasteiger charge is -2.48. The van der Waals surface area contributed by atoms with Gasteiger partial charge in [0, 0.05) is 30.3 Å². The first-order valence-electron chi connectivity index (χ1n) is 8.32. The van der Waals surface area contributed by atoms with Crippen LogP contribution in [-0.4, -0.2) is 48.0 Å². The zero-order valence-electron chi connectivity index (χ0n) is 14.6. The average molecular weight is 380 g/mol. The Bertz CT molecular complexity index is 841. The van der Waals surface area contributed by atoms with Crippen LogP contribution < -0.4 is 10.1 Å². The molecule has 1 amide bonds. The number of nitrogens with zero attached hydrogens (tertiary/aromatic N) is 1. The lowest BCUT2D eigenvalue weighted by molar-refractivity contribution is -0.216. The summed E-state index contributed by atoms with van der Waals surface area (Å²) in [5.41, 5.74) is -2.03. The van der Waals surface area contributed by atoms with Crippen LogP contribution in [0.2, 0.25) is 0 Å². The number of amides is 1. The Morgan fingerprint density at radius 1 is 1.22 bits per heavy atom. The molecule has 3 rings (SSSR count). The molecule has 0 spiro atoms. The van der Waals surface area contributed by atoms with Gasteiger partial charge in [0.2, 0.25) is 5.66 Å². The third-order valence-corrected chi connectivity index (χ3v) is 4.61. The number of carbonyl (C=O) groups excluding carboxylic acids is 1. The van der Waals surface area contributed by atoms with Crippen molar-refractivity contribution in [3.63, 3.8) is 0 Å². The Hall–Kier alpha value is -2.74. The van der Waals surface area contributed by atoms with Crippen LogP contribution in [0.25, 0.3) is 0 Å². The van der Waals surface area contributed by atoms with E-state index in [2.05, 4.69) is 5.32 Å². The Morgan fingerprint density at radius 2 is 1.96 bits per heavy atom. The number of alkyl halides is 3. The molecule has 2 aromatic carbocycles. The van der Waals surface area contributed by atoms with Crippen LogP contribution in [0.4, 0.5) is 18.9 Å². The highest BCUT2D eigenvalue weighted by atomic mass is 19.4. The summed E-state index contributed by atoms with van der Waals surface area (Å²) in [6.45, 7) is -1.05. The maximum Gasteiger partial charge on any atom is 0.430 e. The molecule has 144 valence electrons. The van der Waals surface area contributed by atoms with Crippen molar-refractivity contribution in [3.05, 3.63) is 59.7 Å². The molecule has 1 unspecified atom stereocenters. The summed E-state index contributed by atoms with van der Waals surface area (Å²) in [5, 5.41) is 11.8. The molecule has 1 atom stereocenters. The van der Waals surface area contributed by atoms with Crippen molar-refractivity contribution in [3.8, 4) is 5.75 Å². The average Bonchev–Trinajstić information content (AvgIpc) is 2.64. The Morgan fingerprint density at radius 3 is 2.63 bits per heavy atom. The second-order valence-electron chi connectivity index (χ2n) is 6.23. The summed E-state index contributed by atoms with van der Waals surface area (Å²) in [6, 6.07) is 12.3. The predicted molar refractivity (Wildman–Crippen MR) is 93.7 cm³/mol. The molecule has 0 bridgehead atoms. The van der Waals surface area contributed by atoms with Gasteiger partial charge in [-0.05, 0) is 23.8 Å².